The van der Waals surface area contributed by atoms with E-state index < -0.39 is 0 Å². The predicted molar refractivity (Wildman–Crippen MR) is 210 cm³/mol. The molecular weight excluding hydrogens is 591 g/mol. The molecule has 6 aromatic carbocycles. The maximum Gasteiger partial charge on any atom is 0.0227 e. The topological polar surface area (TPSA) is 3.24 Å². The molecule has 1 aliphatic rings. The smallest absolute Gasteiger partial charge is 0.0227 e. The summed E-state index contributed by atoms with van der Waals surface area (Å²) in [5.74, 6) is 1.21. The predicted octanol–water partition coefficient (Wildman–Crippen LogP) is 12.4. The van der Waals surface area contributed by atoms with Crippen molar-refractivity contribution in [2.75, 3.05) is 20.1 Å². The van der Waals surface area contributed by atoms with Crippen molar-refractivity contribution in [2.24, 2.45) is 5.92 Å². The molecule has 49 heavy (non-hydrogen) atoms. The second-order valence-corrected chi connectivity index (χ2v) is 14.7. The Morgan fingerprint density at radius 1 is 0.429 bits per heavy atom. The molecular formula is C48H49N. The zero-order valence-electron chi connectivity index (χ0n) is 29.8. The Morgan fingerprint density at radius 2 is 0.714 bits per heavy atom. The fourth-order valence-corrected chi connectivity index (χ4v) is 7.53. The molecule has 0 amide bonds. The van der Waals surface area contributed by atoms with Crippen LogP contribution in [0.4, 0.5) is 0 Å². The summed E-state index contributed by atoms with van der Waals surface area (Å²) in [7, 11) is 2.25. The molecule has 1 fully saturated rings. The lowest BCUT2D eigenvalue weighted by Gasteiger charge is -2.42. The van der Waals surface area contributed by atoms with E-state index >= 15 is 0 Å². The van der Waals surface area contributed by atoms with Crippen molar-refractivity contribution < 1.29 is 0 Å². The molecule has 246 valence electrons. The van der Waals surface area contributed by atoms with Crippen molar-refractivity contribution >= 4 is 0 Å². The van der Waals surface area contributed by atoms with E-state index in [4.69, 9.17) is 0 Å². The number of nitrogens with zero attached hydrogens (tertiary/aromatic N) is 1. The maximum absolute atomic E-state index is 2.47. The summed E-state index contributed by atoms with van der Waals surface area (Å²) in [5.41, 5.74) is 15.7. The average molecular weight is 640 g/mol. The molecule has 1 nitrogen and oxygen atoms in total. The van der Waals surface area contributed by atoms with Gasteiger partial charge in [0.15, 0.2) is 0 Å². The number of rotatable bonds is 8. The van der Waals surface area contributed by atoms with E-state index in [2.05, 4.69) is 185 Å². The van der Waals surface area contributed by atoms with Crippen LogP contribution in [0.5, 0.6) is 0 Å². The van der Waals surface area contributed by atoms with Crippen molar-refractivity contribution in [1.82, 2.24) is 4.90 Å². The first-order chi connectivity index (χ1) is 23.8. The summed E-state index contributed by atoms with van der Waals surface area (Å²) in [4.78, 5) is 2.47. The normalized spacial score (nSPS) is 15.3. The van der Waals surface area contributed by atoms with E-state index in [1.807, 2.05) is 0 Å². The molecule has 0 spiro atoms. The molecule has 0 aromatic heterocycles. The molecule has 1 saturated heterocycles. The van der Waals surface area contributed by atoms with E-state index in [1.54, 1.807) is 0 Å². The maximum atomic E-state index is 2.47. The Labute approximate surface area is 294 Å². The minimum Gasteiger partial charge on any atom is -0.306 e. The molecule has 1 heterocycles. The van der Waals surface area contributed by atoms with Gasteiger partial charge < -0.3 is 4.90 Å². The van der Waals surface area contributed by atoms with Crippen LogP contribution in [0.1, 0.15) is 61.8 Å². The Kier molecular flexibility index (Phi) is 9.39. The monoisotopic (exact) mass is 639 g/mol. The minimum atomic E-state index is 0.0158. The standard InChI is InChI=1S/C48H49N/c1-34(2)36(4)37-10-12-39(13-11-37)41-16-20-43(21-17-41)45-24-28-47(29-25-45)48(30-32-49(5)33-31-48)46-26-22-44(23-27-46)42-18-14-40(15-19-42)38-8-6-35(3)7-9-38/h6-29,34,36H,30-33H2,1-5H3. The quantitative estimate of drug-likeness (QED) is 0.160. The van der Waals surface area contributed by atoms with Crippen molar-refractivity contribution in [1.29, 1.82) is 0 Å². The van der Waals surface area contributed by atoms with Gasteiger partial charge in [-0.25, -0.2) is 0 Å². The van der Waals surface area contributed by atoms with Gasteiger partial charge in [-0.3, -0.25) is 0 Å². The summed E-state index contributed by atoms with van der Waals surface area (Å²) < 4.78 is 0. The fourth-order valence-electron chi connectivity index (χ4n) is 7.53. The van der Waals surface area contributed by atoms with Crippen LogP contribution in [0.2, 0.25) is 0 Å². The van der Waals surface area contributed by atoms with E-state index in [9.17, 15) is 0 Å². The van der Waals surface area contributed by atoms with Crippen molar-refractivity contribution in [3.8, 4) is 44.5 Å². The number of hydrogen-bond donors (Lipinski definition) is 0. The Morgan fingerprint density at radius 3 is 1.04 bits per heavy atom. The van der Waals surface area contributed by atoms with Crippen LogP contribution in [-0.4, -0.2) is 25.0 Å². The van der Waals surface area contributed by atoms with Crippen LogP contribution in [0.25, 0.3) is 44.5 Å². The highest BCUT2D eigenvalue weighted by Crippen LogP contribution is 2.43. The Hall–Kier alpha value is -4.72. The first kappa shape index (κ1) is 32.8. The molecule has 1 heteroatoms. The van der Waals surface area contributed by atoms with E-state index in [0.717, 1.165) is 25.9 Å². The lowest BCUT2D eigenvalue weighted by atomic mass is 9.68. The molecule has 0 radical (unpaired) electrons. The minimum absolute atomic E-state index is 0.0158. The Balaban J connectivity index is 1.10. The molecule has 1 aliphatic heterocycles. The zero-order chi connectivity index (χ0) is 34.0. The molecule has 0 saturated carbocycles. The van der Waals surface area contributed by atoms with Crippen molar-refractivity contribution in [3.05, 3.63) is 168 Å². The number of hydrogen-bond acceptors (Lipinski definition) is 1. The summed E-state index contributed by atoms with van der Waals surface area (Å²) in [6.07, 6.45) is 2.24. The van der Waals surface area contributed by atoms with Gasteiger partial charge in [-0.2, -0.15) is 0 Å². The van der Waals surface area contributed by atoms with Gasteiger partial charge in [0, 0.05) is 5.41 Å². The second-order valence-electron chi connectivity index (χ2n) is 14.7. The molecule has 1 unspecified atom stereocenters. The third-order valence-electron chi connectivity index (χ3n) is 11.3. The summed E-state index contributed by atoms with van der Waals surface area (Å²) in [6, 6.07) is 54.8. The van der Waals surface area contributed by atoms with Crippen LogP contribution in [0.15, 0.2) is 146 Å². The molecule has 6 aromatic rings. The lowest BCUT2D eigenvalue weighted by Crippen LogP contribution is -2.41. The highest BCUT2D eigenvalue weighted by molar-refractivity contribution is 5.72. The van der Waals surface area contributed by atoms with E-state index in [1.165, 1.54) is 66.8 Å². The summed E-state index contributed by atoms with van der Waals surface area (Å²) >= 11 is 0. The van der Waals surface area contributed by atoms with Crippen LogP contribution in [-0.2, 0) is 5.41 Å². The number of piperidine rings is 1. The van der Waals surface area contributed by atoms with Gasteiger partial charge in [-0.05, 0) is 113 Å². The largest absolute Gasteiger partial charge is 0.306 e. The number of likely N-dealkylation sites (tertiary alicyclic amines) is 1. The van der Waals surface area contributed by atoms with Gasteiger partial charge in [0.2, 0.25) is 0 Å². The molecule has 7 rings (SSSR count). The Bertz CT molecular complexity index is 1950. The molecule has 0 aliphatic carbocycles. The van der Waals surface area contributed by atoms with Crippen molar-refractivity contribution in [3.63, 3.8) is 0 Å². The van der Waals surface area contributed by atoms with Gasteiger partial charge in [-0.1, -0.05) is 172 Å². The van der Waals surface area contributed by atoms with Crippen LogP contribution < -0.4 is 0 Å². The third-order valence-corrected chi connectivity index (χ3v) is 11.3. The van der Waals surface area contributed by atoms with Gasteiger partial charge in [0.25, 0.3) is 0 Å². The number of aryl methyl sites for hydroxylation is 1. The zero-order valence-corrected chi connectivity index (χ0v) is 29.8. The van der Waals surface area contributed by atoms with Crippen molar-refractivity contribution in [2.45, 2.75) is 51.9 Å². The highest BCUT2D eigenvalue weighted by Gasteiger charge is 2.37. The van der Waals surface area contributed by atoms with Gasteiger partial charge in [-0.15, -0.1) is 0 Å². The van der Waals surface area contributed by atoms with Crippen LogP contribution >= 0.6 is 0 Å². The van der Waals surface area contributed by atoms with Crippen LogP contribution in [0.3, 0.4) is 0 Å². The summed E-state index contributed by atoms with van der Waals surface area (Å²) in [6.45, 7) is 11.2. The average Bonchev–Trinajstić information content (AvgIpc) is 3.16. The fraction of sp³-hybridized carbons (Fsp3) is 0.250. The third kappa shape index (κ3) is 6.91. The first-order valence-electron chi connectivity index (χ1n) is 18.1. The number of benzene rings is 6. The van der Waals surface area contributed by atoms with Crippen LogP contribution in [0, 0.1) is 12.8 Å². The van der Waals surface area contributed by atoms with Gasteiger partial charge in [0.05, 0.1) is 0 Å². The first-order valence-corrected chi connectivity index (χ1v) is 18.1. The molecule has 0 N–H and O–H groups in total. The lowest BCUT2D eigenvalue weighted by molar-refractivity contribution is 0.213. The second kappa shape index (κ2) is 14.0. The SMILES string of the molecule is Cc1ccc(-c2ccc(-c3ccc(C4(c5ccc(-c6ccc(-c7ccc(C(C)C(C)C)cc7)cc6)cc5)CCN(C)CC4)cc3)cc2)cc1. The van der Waals surface area contributed by atoms with E-state index in [-0.39, 0.29) is 5.41 Å². The van der Waals surface area contributed by atoms with E-state index in [0.29, 0.717) is 11.8 Å². The molecule has 0 bridgehead atoms. The highest BCUT2D eigenvalue weighted by atomic mass is 15.1. The van der Waals surface area contributed by atoms with Gasteiger partial charge >= 0.3 is 0 Å². The van der Waals surface area contributed by atoms with Gasteiger partial charge in [0.1, 0.15) is 0 Å². The molecule has 1 atom stereocenters. The summed E-state index contributed by atoms with van der Waals surface area (Å²) in [5, 5.41) is 0.